The average Bonchev–Trinajstić information content (AvgIpc) is 2.83. The van der Waals surface area contributed by atoms with Gasteiger partial charge in [0.1, 0.15) is 5.65 Å². The normalized spacial score (nSPS) is 25.8. The average molecular weight is 233 g/mol. The molecule has 0 unspecified atom stereocenters. The van der Waals surface area contributed by atoms with Crippen LogP contribution >= 0.6 is 0 Å². The summed E-state index contributed by atoms with van der Waals surface area (Å²) in [6, 6.07) is 5.87. The number of aliphatic hydroxyl groups is 2. The highest BCUT2D eigenvalue weighted by Gasteiger charge is 2.29. The van der Waals surface area contributed by atoms with Crippen LogP contribution in [0.5, 0.6) is 0 Å². The summed E-state index contributed by atoms with van der Waals surface area (Å²) in [5.74, 6) is 0. The van der Waals surface area contributed by atoms with E-state index in [1.165, 1.54) is 0 Å². The monoisotopic (exact) mass is 233 g/mol. The van der Waals surface area contributed by atoms with Gasteiger partial charge in [-0.25, -0.2) is 4.98 Å². The minimum Gasteiger partial charge on any atom is -0.389 e. The third-order valence-corrected chi connectivity index (χ3v) is 3.13. The highest BCUT2D eigenvalue weighted by atomic mass is 16.3. The Balaban J connectivity index is 1.77. The molecule has 1 aliphatic rings. The first kappa shape index (κ1) is 10.7. The van der Waals surface area contributed by atoms with Crippen LogP contribution < -0.4 is 0 Å². The van der Waals surface area contributed by atoms with Crippen LogP contribution in [0.4, 0.5) is 0 Å². The number of β-amino-alcohol motifs (C(OH)–C–C–N with tert-alkyl or cyclic N) is 2. The highest BCUT2D eigenvalue weighted by molar-refractivity contribution is 5.39. The van der Waals surface area contributed by atoms with Gasteiger partial charge in [0.15, 0.2) is 0 Å². The van der Waals surface area contributed by atoms with Gasteiger partial charge < -0.3 is 14.6 Å². The summed E-state index contributed by atoms with van der Waals surface area (Å²) in [5, 5.41) is 18.9. The van der Waals surface area contributed by atoms with Crippen molar-refractivity contribution in [2.75, 3.05) is 13.1 Å². The zero-order chi connectivity index (χ0) is 11.8. The largest absolute Gasteiger partial charge is 0.389 e. The zero-order valence-corrected chi connectivity index (χ0v) is 9.40. The third kappa shape index (κ3) is 2.04. The van der Waals surface area contributed by atoms with Crippen molar-refractivity contribution in [3.05, 3.63) is 36.3 Å². The molecule has 1 aliphatic heterocycles. The molecule has 0 radical (unpaired) electrons. The molecule has 0 amide bonds. The van der Waals surface area contributed by atoms with Crippen molar-refractivity contribution in [2.24, 2.45) is 0 Å². The second-order valence-electron chi connectivity index (χ2n) is 4.53. The number of hydrogen-bond donors (Lipinski definition) is 2. The molecule has 1 fully saturated rings. The minimum absolute atomic E-state index is 0.509. The molecule has 2 aromatic rings. The lowest BCUT2D eigenvalue weighted by molar-refractivity contribution is 0.0572. The smallest absolute Gasteiger partial charge is 0.137 e. The summed E-state index contributed by atoms with van der Waals surface area (Å²) >= 11 is 0. The summed E-state index contributed by atoms with van der Waals surface area (Å²) in [4.78, 5) is 6.50. The second kappa shape index (κ2) is 4.10. The Bertz CT molecular complexity index is 482. The minimum atomic E-state index is -0.632. The standard InChI is InChI=1S/C12H15N3O2/c16-10-7-14(8-11(10)17)5-9-6-15-4-2-1-3-12(15)13-9/h1-4,6,10-11,16-17H,5,7-8H2/t10-,11+. The molecule has 0 aliphatic carbocycles. The van der Waals surface area contributed by atoms with Crippen molar-refractivity contribution in [3.8, 4) is 0 Å². The van der Waals surface area contributed by atoms with E-state index in [1.54, 1.807) is 0 Å². The van der Waals surface area contributed by atoms with Gasteiger partial charge in [-0.3, -0.25) is 4.90 Å². The van der Waals surface area contributed by atoms with Crippen LogP contribution in [-0.2, 0) is 6.54 Å². The van der Waals surface area contributed by atoms with Gasteiger partial charge in [-0.05, 0) is 12.1 Å². The molecule has 2 atom stereocenters. The van der Waals surface area contributed by atoms with Crippen molar-refractivity contribution >= 4 is 5.65 Å². The van der Waals surface area contributed by atoms with Gasteiger partial charge in [0, 0.05) is 32.0 Å². The van der Waals surface area contributed by atoms with Crippen molar-refractivity contribution in [1.82, 2.24) is 14.3 Å². The number of imidazole rings is 1. The van der Waals surface area contributed by atoms with Gasteiger partial charge >= 0.3 is 0 Å². The Morgan fingerprint density at radius 1 is 1.24 bits per heavy atom. The maximum Gasteiger partial charge on any atom is 0.137 e. The zero-order valence-electron chi connectivity index (χ0n) is 9.40. The summed E-state index contributed by atoms with van der Waals surface area (Å²) in [7, 11) is 0. The van der Waals surface area contributed by atoms with Gasteiger partial charge in [-0.2, -0.15) is 0 Å². The summed E-state index contributed by atoms with van der Waals surface area (Å²) < 4.78 is 1.97. The van der Waals surface area contributed by atoms with Gasteiger partial charge in [-0.1, -0.05) is 6.07 Å². The lowest BCUT2D eigenvalue weighted by atomic mass is 10.3. The van der Waals surface area contributed by atoms with Crippen LogP contribution in [0.3, 0.4) is 0 Å². The SMILES string of the molecule is O[C@@H]1CN(Cc2cn3ccccc3n2)C[C@@H]1O. The van der Waals surface area contributed by atoms with E-state index < -0.39 is 12.2 Å². The van der Waals surface area contributed by atoms with Crippen molar-refractivity contribution in [1.29, 1.82) is 0 Å². The fourth-order valence-electron chi connectivity index (χ4n) is 2.27. The van der Waals surface area contributed by atoms with E-state index in [2.05, 4.69) is 4.98 Å². The maximum atomic E-state index is 9.47. The number of aromatic nitrogens is 2. The molecular weight excluding hydrogens is 218 g/mol. The fourth-order valence-corrected chi connectivity index (χ4v) is 2.27. The van der Waals surface area contributed by atoms with Gasteiger partial charge in [0.2, 0.25) is 0 Å². The van der Waals surface area contributed by atoms with Crippen molar-refractivity contribution in [2.45, 2.75) is 18.8 Å². The molecule has 0 aromatic carbocycles. The van der Waals surface area contributed by atoms with Crippen molar-refractivity contribution < 1.29 is 10.2 Å². The van der Waals surface area contributed by atoms with E-state index in [4.69, 9.17) is 0 Å². The predicted molar refractivity (Wildman–Crippen MR) is 62.5 cm³/mol. The number of hydrogen-bond acceptors (Lipinski definition) is 4. The molecular formula is C12H15N3O2. The number of fused-ring (bicyclic) bond motifs is 1. The molecule has 3 rings (SSSR count). The van der Waals surface area contributed by atoms with Crippen molar-refractivity contribution in [3.63, 3.8) is 0 Å². The lowest BCUT2D eigenvalue weighted by Crippen LogP contribution is -2.22. The molecule has 17 heavy (non-hydrogen) atoms. The first-order valence-corrected chi connectivity index (χ1v) is 5.73. The number of pyridine rings is 1. The Morgan fingerprint density at radius 3 is 2.71 bits per heavy atom. The van der Waals surface area contributed by atoms with Crippen LogP contribution in [-0.4, -0.2) is 49.8 Å². The molecule has 0 spiro atoms. The van der Waals surface area contributed by atoms with E-state index in [-0.39, 0.29) is 0 Å². The molecule has 1 saturated heterocycles. The number of nitrogens with zero attached hydrogens (tertiary/aromatic N) is 3. The molecule has 3 heterocycles. The second-order valence-corrected chi connectivity index (χ2v) is 4.53. The van der Waals surface area contributed by atoms with Crippen LogP contribution in [0.1, 0.15) is 5.69 Å². The Hall–Kier alpha value is -1.43. The van der Waals surface area contributed by atoms with Gasteiger partial charge in [0.05, 0.1) is 17.9 Å². The third-order valence-electron chi connectivity index (χ3n) is 3.13. The molecule has 0 bridgehead atoms. The Labute approximate surface area is 98.9 Å². The molecule has 5 nitrogen and oxygen atoms in total. The quantitative estimate of drug-likeness (QED) is 0.758. The van der Waals surface area contributed by atoms with Crippen LogP contribution in [0.15, 0.2) is 30.6 Å². The van der Waals surface area contributed by atoms with Gasteiger partial charge in [-0.15, -0.1) is 0 Å². The summed E-state index contributed by atoms with van der Waals surface area (Å²) in [6.45, 7) is 1.68. The first-order chi connectivity index (χ1) is 8.22. The van der Waals surface area contributed by atoms with E-state index in [1.807, 2.05) is 39.9 Å². The van der Waals surface area contributed by atoms with Crippen LogP contribution in [0, 0.1) is 0 Å². The van der Waals surface area contributed by atoms with Gasteiger partial charge in [0.25, 0.3) is 0 Å². The lowest BCUT2D eigenvalue weighted by Gasteiger charge is -2.11. The maximum absolute atomic E-state index is 9.47. The number of likely N-dealkylation sites (tertiary alicyclic amines) is 1. The Morgan fingerprint density at radius 2 is 2.00 bits per heavy atom. The van der Waals surface area contributed by atoms with Crippen LogP contribution in [0.2, 0.25) is 0 Å². The summed E-state index contributed by atoms with van der Waals surface area (Å²) in [6.07, 6.45) is 2.67. The summed E-state index contributed by atoms with van der Waals surface area (Å²) in [5.41, 5.74) is 1.88. The molecule has 5 heteroatoms. The molecule has 2 N–H and O–H groups in total. The number of aliphatic hydroxyl groups excluding tert-OH is 2. The number of rotatable bonds is 2. The van der Waals surface area contributed by atoms with E-state index in [0.29, 0.717) is 19.6 Å². The van der Waals surface area contributed by atoms with Crippen LogP contribution in [0.25, 0.3) is 5.65 Å². The topological polar surface area (TPSA) is 61.0 Å². The molecule has 90 valence electrons. The van der Waals surface area contributed by atoms with E-state index in [9.17, 15) is 10.2 Å². The highest BCUT2D eigenvalue weighted by Crippen LogP contribution is 2.14. The molecule has 0 saturated carbocycles. The Kier molecular flexibility index (Phi) is 2.58. The predicted octanol–water partition coefficient (Wildman–Crippen LogP) is -0.128. The van der Waals surface area contributed by atoms with E-state index >= 15 is 0 Å². The van der Waals surface area contributed by atoms with E-state index in [0.717, 1.165) is 11.3 Å². The fraction of sp³-hybridized carbons (Fsp3) is 0.417. The molecule has 2 aromatic heterocycles. The first-order valence-electron chi connectivity index (χ1n) is 5.73.